The number of hydrogen-bond acceptors (Lipinski definition) is 5. The van der Waals surface area contributed by atoms with Gasteiger partial charge in [-0.1, -0.05) is 31.5 Å². The van der Waals surface area contributed by atoms with Crippen molar-refractivity contribution in [3.8, 4) is 5.75 Å². The van der Waals surface area contributed by atoms with E-state index >= 15 is 0 Å². The van der Waals surface area contributed by atoms with Crippen LogP contribution in [0.15, 0.2) is 42.5 Å². The van der Waals surface area contributed by atoms with E-state index in [1.54, 1.807) is 45.0 Å². The normalized spacial score (nSPS) is 10.9. The smallest absolute Gasteiger partial charge is 0.342 e. The standard InChI is InChI=1S/C24H30N2O5/c1-6-7-13-30-21-15-20(25-16(2)27)19(14-18(21)23(29)31-24(3,4)5)26-22(28)17-11-9-8-10-12-17/h8-12,14-15H,6-7,13H2,1-5H3,(H,25,27)(H,26,28). The molecular weight excluding hydrogens is 396 g/mol. The molecule has 0 unspecified atom stereocenters. The second kappa shape index (κ2) is 10.6. The van der Waals surface area contributed by atoms with Crippen LogP contribution in [0.25, 0.3) is 0 Å². The summed E-state index contributed by atoms with van der Waals surface area (Å²) in [4.78, 5) is 37.3. The third-order valence-electron chi connectivity index (χ3n) is 4.09. The summed E-state index contributed by atoms with van der Waals surface area (Å²) in [6.45, 7) is 9.11. The molecule has 7 heteroatoms. The van der Waals surface area contributed by atoms with E-state index in [0.29, 0.717) is 17.9 Å². The van der Waals surface area contributed by atoms with Crippen LogP contribution >= 0.6 is 0 Å². The van der Waals surface area contributed by atoms with Crippen LogP contribution in [0.3, 0.4) is 0 Å². The van der Waals surface area contributed by atoms with Crippen LogP contribution < -0.4 is 15.4 Å². The summed E-state index contributed by atoms with van der Waals surface area (Å²) in [5.41, 5.74) is 0.506. The van der Waals surface area contributed by atoms with Gasteiger partial charge in [0.05, 0.1) is 18.0 Å². The molecule has 0 saturated heterocycles. The quantitative estimate of drug-likeness (QED) is 0.456. The zero-order valence-electron chi connectivity index (χ0n) is 18.7. The van der Waals surface area contributed by atoms with Crippen LogP contribution in [0, 0.1) is 0 Å². The molecule has 0 aliphatic carbocycles. The number of carbonyl (C=O) groups excluding carboxylic acids is 3. The average Bonchev–Trinajstić information content (AvgIpc) is 2.68. The van der Waals surface area contributed by atoms with Crippen molar-refractivity contribution in [1.82, 2.24) is 0 Å². The molecule has 2 aromatic rings. The van der Waals surface area contributed by atoms with Gasteiger partial charge in [0.15, 0.2) is 0 Å². The summed E-state index contributed by atoms with van der Waals surface area (Å²) in [5.74, 6) is -0.991. The maximum atomic E-state index is 12.9. The van der Waals surface area contributed by atoms with E-state index in [0.717, 1.165) is 12.8 Å². The lowest BCUT2D eigenvalue weighted by Crippen LogP contribution is -2.25. The van der Waals surface area contributed by atoms with Crippen molar-refractivity contribution in [1.29, 1.82) is 0 Å². The monoisotopic (exact) mass is 426 g/mol. The van der Waals surface area contributed by atoms with Gasteiger partial charge in [-0.15, -0.1) is 0 Å². The zero-order valence-corrected chi connectivity index (χ0v) is 18.7. The first-order valence-electron chi connectivity index (χ1n) is 10.3. The SMILES string of the molecule is CCCCOc1cc(NC(C)=O)c(NC(=O)c2ccccc2)cc1C(=O)OC(C)(C)C. The summed E-state index contributed by atoms with van der Waals surface area (Å²) in [7, 11) is 0. The van der Waals surface area contributed by atoms with Gasteiger partial charge in [-0.3, -0.25) is 9.59 Å². The highest BCUT2D eigenvalue weighted by Gasteiger charge is 2.24. The lowest BCUT2D eigenvalue weighted by atomic mass is 10.1. The van der Waals surface area contributed by atoms with Gasteiger partial charge in [0.25, 0.3) is 5.91 Å². The fraction of sp³-hybridized carbons (Fsp3) is 0.375. The largest absolute Gasteiger partial charge is 0.493 e. The predicted molar refractivity (Wildman–Crippen MR) is 121 cm³/mol. The second-order valence-electron chi connectivity index (χ2n) is 8.10. The number of benzene rings is 2. The van der Waals surface area contributed by atoms with Crippen LogP contribution in [0.5, 0.6) is 5.75 Å². The molecule has 0 fully saturated rings. The number of anilines is 2. The minimum absolute atomic E-state index is 0.170. The Hall–Kier alpha value is -3.35. The molecule has 2 N–H and O–H groups in total. The molecule has 31 heavy (non-hydrogen) atoms. The Bertz CT molecular complexity index is 933. The van der Waals surface area contributed by atoms with Crippen molar-refractivity contribution >= 4 is 29.2 Å². The van der Waals surface area contributed by atoms with Crippen molar-refractivity contribution in [2.45, 2.75) is 53.1 Å². The van der Waals surface area contributed by atoms with E-state index in [-0.39, 0.29) is 28.8 Å². The van der Waals surface area contributed by atoms with E-state index in [1.807, 2.05) is 13.0 Å². The third kappa shape index (κ3) is 7.44. The van der Waals surface area contributed by atoms with E-state index < -0.39 is 11.6 Å². The molecule has 0 radical (unpaired) electrons. The van der Waals surface area contributed by atoms with E-state index in [2.05, 4.69) is 10.6 Å². The molecule has 166 valence electrons. The first-order chi connectivity index (χ1) is 14.6. The van der Waals surface area contributed by atoms with Gasteiger partial charge in [0.2, 0.25) is 5.91 Å². The van der Waals surface area contributed by atoms with Gasteiger partial charge in [0, 0.05) is 18.6 Å². The number of amides is 2. The van der Waals surface area contributed by atoms with Gasteiger partial charge < -0.3 is 20.1 Å². The van der Waals surface area contributed by atoms with E-state index in [9.17, 15) is 14.4 Å². The van der Waals surface area contributed by atoms with Crippen molar-refractivity contribution in [2.75, 3.05) is 17.2 Å². The number of carbonyl (C=O) groups is 3. The fourth-order valence-corrected chi connectivity index (χ4v) is 2.70. The molecule has 0 aromatic heterocycles. The molecule has 0 bridgehead atoms. The van der Waals surface area contributed by atoms with Gasteiger partial charge in [0.1, 0.15) is 16.9 Å². The molecular formula is C24H30N2O5. The highest BCUT2D eigenvalue weighted by Crippen LogP contribution is 2.33. The number of nitrogens with one attached hydrogen (secondary N) is 2. The molecule has 0 atom stereocenters. The average molecular weight is 427 g/mol. The maximum absolute atomic E-state index is 12.9. The summed E-state index contributed by atoms with van der Waals surface area (Å²) in [5, 5.41) is 5.46. The van der Waals surface area contributed by atoms with E-state index in [4.69, 9.17) is 9.47 Å². The first-order valence-corrected chi connectivity index (χ1v) is 10.3. The molecule has 0 heterocycles. The molecule has 7 nitrogen and oxygen atoms in total. The van der Waals surface area contributed by atoms with Crippen molar-refractivity contribution in [3.63, 3.8) is 0 Å². The van der Waals surface area contributed by atoms with Gasteiger partial charge in [-0.25, -0.2) is 4.79 Å². The van der Waals surface area contributed by atoms with Crippen LogP contribution in [0.2, 0.25) is 0 Å². The molecule has 2 amide bonds. The van der Waals surface area contributed by atoms with Crippen molar-refractivity contribution in [2.24, 2.45) is 0 Å². The number of hydrogen-bond donors (Lipinski definition) is 2. The van der Waals surface area contributed by atoms with Gasteiger partial charge >= 0.3 is 5.97 Å². The Morgan fingerprint density at radius 1 is 0.968 bits per heavy atom. The third-order valence-corrected chi connectivity index (χ3v) is 4.09. The lowest BCUT2D eigenvalue weighted by Gasteiger charge is -2.22. The van der Waals surface area contributed by atoms with Crippen LogP contribution in [0.4, 0.5) is 11.4 Å². The summed E-state index contributed by atoms with van der Waals surface area (Å²) in [6, 6.07) is 11.7. The Morgan fingerprint density at radius 2 is 1.61 bits per heavy atom. The number of esters is 1. The summed E-state index contributed by atoms with van der Waals surface area (Å²) < 4.78 is 11.3. The Morgan fingerprint density at radius 3 is 2.19 bits per heavy atom. The first kappa shape index (κ1) is 23.9. The highest BCUT2D eigenvalue weighted by atomic mass is 16.6. The maximum Gasteiger partial charge on any atom is 0.342 e. The zero-order chi connectivity index (χ0) is 23.0. The Kier molecular flexibility index (Phi) is 8.19. The summed E-state index contributed by atoms with van der Waals surface area (Å²) in [6.07, 6.45) is 1.72. The molecule has 2 rings (SSSR count). The van der Waals surface area contributed by atoms with Gasteiger partial charge in [-0.05, 0) is 45.4 Å². The molecule has 0 saturated carbocycles. The molecule has 0 spiro atoms. The van der Waals surface area contributed by atoms with Crippen LogP contribution in [-0.2, 0) is 9.53 Å². The van der Waals surface area contributed by atoms with Gasteiger partial charge in [-0.2, -0.15) is 0 Å². The number of rotatable bonds is 8. The van der Waals surface area contributed by atoms with Crippen LogP contribution in [-0.4, -0.2) is 30.0 Å². The van der Waals surface area contributed by atoms with E-state index in [1.165, 1.54) is 19.1 Å². The molecule has 2 aromatic carbocycles. The Balaban J connectivity index is 2.49. The fourth-order valence-electron chi connectivity index (χ4n) is 2.70. The number of ether oxygens (including phenoxy) is 2. The van der Waals surface area contributed by atoms with Crippen LogP contribution in [0.1, 0.15) is 68.2 Å². The molecule has 0 aliphatic heterocycles. The Labute approximate surface area is 183 Å². The van der Waals surface area contributed by atoms with Crippen molar-refractivity contribution < 1.29 is 23.9 Å². The highest BCUT2D eigenvalue weighted by molar-refractivity contribution is 6.08. The minimum atomic E-state index is -0.707. The topological polar surface area (TPSA) is 93.7 Å². The lowest BCUT2D eigenvalue weighted by molar-refractivity contribution is -0.114. The molecule has 0 aliphatic rings. The number of unbranched alkanes of at least 4 members (excludes halogenated alkanes) is 1. The minimum Gasteiger partial charge on any atom is -0.493 e. The predicted octanol–water partition coefficient (Wildman–Crippen LogP) is 5.03. The van der Waals surface area contributed by atoms with Crippen molar-refractivity contribution in [3.05, 3.63) is 53.6 Å². The second-order valence-corrected chi connectivity index (χ2v) is 8.10. The summed E-state index contributed by atoms with van der Waals surface area (Å²) >= 11 is 0.